The molecule has 0 aromatic heterocycles. The molecule has 0 heterocycles. The van der Waals surface area contributed by atoms with Gasteiger partial charge in [0.05, 0.1) is 6.61 Å². The second kappa shape index (κ2) is 9.69. The van der Waals surface area contributed by atoms with Crippen molar-refractivity contribution in [1.82, 2.24) is 0 Å². The van der Waals surface area contributed by atoms with Crippen molar-refractivity contribution in [3.8, 4) is 5.75 Å². The molecule has 0 aliphatic heterocycles. The molecule has 0 saturated carbocycles. The van der Waals surface area contributed by atoms with Crippen molar-refractivity contribution in [3.63, 3.8) is 0 Å². The highest BCUT2D eigenvalue weighted by atomic mass is 35.5. The lowest BCUT2D eigenvalue weighted by Crippen LogP contribution is -2.21. The van der Waals surface area contributed by atoms with Crippen molar-refractivity contribution < 1.29 is 19.1 Å². The Kier molecular flexibility index (Phi) is 7.29. The maximum absolute atomic E-state index is 11.7. The second-order valence-electron chi connectivity index (χ2n) is 5.48. The van der Waals surface area contributed by atoms with Crippen molar-refractivity contribution in [2.75, 3.05) is 18.5 Å². The molecule has 1 amide bonds. The highest BCUT2D eigenvalue weighted by molar-refractivity contribution is 6.30. The van der Waals surface area contributed by atoms with Crippen LogP contribution >= 0.6 is 11.6 Å². The van der Waals surface area contributed by atoms with E-state index in [0.29, 0.717) is 23.7 Å². The van der Waals surface area contributed by atoms with Gasteiger partial charge in [-0.05, 0) is 55.3 Å². The summed E-state index contributed by atoms with van der Waals surface area (Å²) in [5, 5.41) is 3.20. The number of carbonyl (C=O) groups is 2. The van der Waals surface area contributed by atoms with Crippen molar-refractivity contribution in [1.29, 1.82) is 0 Å². The first-order valence-electron chi connectivity index (χ1n) is 7.93. The van der Waals surface area contributed by atoms with Gasteiger partial charge in [-0.15, -0.1) is 0 Å². The van der Waals surface area contributed by atoms with E-state index in [1.165, 1.54) is 0 Å². The van der Waals surface area contributed by atoms with Crippen LogP contribution in [-0.2, 0) is 14.3 Å². The Morgan fingerprint density at radius 1 is 1.12 bits per heavy atom. The Morgan fingerprint density at radius 3 is 2.60 bits per heavy atom. The van der Waals surface area contributed by atoms with E-state index in [1.807, 2.05) is 31.2 Å². The summed E-state index contributed by atoms with van der Waals surface area (Å²) in [6, 6.07) is 14.4. The highest BCUT2D eigenvalue weighted by Crippen LogP contribution is 2.14. The van der Waals surface area contributed by atoms with E-state index >= 15 is 0 Å². The van der Waals surface area contributed by atoms with Crippen LogP contribution in [0.15, 0.2) is 48.5 Å². The topological polar surface area (TPSA) is 64.6 Å². The lowest BCUT2D eigenvalue weighted by molar-refractivity contribution is -0.147. The predicted molar refractivity (Wildman–Crippen MR) is 96.9 cm³/mol. The van der Waals surface area contributed by atoms with Gasteiger partial charge in [0, 0.05) is 17.1 Å². The first kappa shape index (κ1) is 18.8. The zero-order chi connectivity index (χ0) is 18.1. The molecule has 132 valence electrons. The van der Waals surface area contributed by atoms with Crippen LogP contribution < -0.4 is 10.1 Å². The Hall–Kier alpha value is -2.53. The third-order valence-corrected chi connectivity index (χ3v) is 3.53. The maximum Gasteiger partial charge on any atom is 0.306 e. The summed E-state index contributed by atoms with van der Waals surface area (Å²) in [5.74, 6) is -0.0542. The van der Waals surface area contributed by atoms with Crippen LogP contribution in [0, 0.1) is 6.92 Å². The largest absolute Gasteiger partial charge is 0.494 e. The Morgan fingerprint density at radius 2 is 1.88 bits per heavy atom. The van der Waals surface area contributed by atoms with Gasteiger partial charge in [-0.1, -0.05) is 23.7 Å². The van der Waals surface area contributed by atoms with Gasteiger partial charge >= 0.3 is 5.97 Å². The number of anilines is 1. The molecule has 0 atom stereocenters. The smallest absolute Gasteiger partial charge is 0.306 e. The first-order chi connectivity index (χ1) is 12.0. The van der Waals surface area contributed by atoms with Crippen LogP contribution in [0.4, 0.5) is 5.69 Å². The standard InChI is InChI=1S/C19H20ClNO4/c1-14-4-2-5-17(12-14)24-11-3-6-19(23)25-13-18(22)21-16-9-7-15(20)8-10-16/h2,4-5,7-10,12H,3,6,11,13H2,1H3,(H,21,22). The van der Waals surface area contributed by atoms with Gasteiger partial charge in [0.25, 0.3) is 5.91 Å². The molecule has 0 bridgehead atoms. The number of amides is 1. The maximum atomic E-state index is 11.7. The quantitative estimate of drug-likeness (QED) is 0.570. The Bertz CT molecular complexity index is 716. The van der Waals surface area contributed by atoms with Crippen molar-refractivity contribution >= 4 is 29.2 Å². The molecule has 5 nitrogen and oxygen atoms in total. The number of rotatable bonds is 8. The van der Waals surface area contributed by atoms with E-state index in [-0.39, 0.29) is 13.0 Å². The molecular weight excluding hydrogens is 342 g/mol. The van der Waals surface area contributed by atoms with Crippen molar-refractivity contribution in [2.24, 2.45) is 0 Å². The summed E-state index contributed by atoms with van der Waals surface area (Å²) in [6.45, 7) is 2.08. The SMILES string of the molecule is Cc1cccc(OCCCC(=O)OCC(=O)Nc2ccc(Cl)cc2)c1. The number of carbonyl (C=O) groups excluding carboxylic acids is 2. The minimum atomic E-state index is -0.431. The molecule has 25 heavy (non-hydrogen) atoms. The number of ether oxygens (including phenoxy) is 2. The minimum Gasteiger partial charge on any atom is -0.494 e. The monoisotopic (exact) mass is 361 g/mol. The van der Waals surface area contributed by atoms with Crippen molar-refractivity contribution in [3.05, 3.63) is 59.1 Å². The molecule has 0 aliphatic rings. The van der Waals surface area contributed by atoms with Crippen LogP contribution in [0.25, 0.3) is 0 Å². The highest BCUT2D eigenvalue weighted by Gasteiger charge is 2.08. The second-order valence-corrected chi connectivity index (χ2v) is 5.92. The fraction of sp³-hybridized carbons (Fsp3) is 0.263. The zero-order valence-electron chi connectivity index (χ0n) is 14.0. The number of esters is 1. The van der Waals surface area contributed by atoms with Crippen LogP contribution in [-0.4, -0.2) is 25.1 Å². The van der Waals surface area contributed by atoms with Gasteiger partial charge in [-0.25, -0.2) is 0 Å². The van der Waals surface area contributed by atoms with E-state index in [0.717, 1.165) is 11.3 Å². The minimum absolute atomic E-state index is 0.194. The van der Waals surface area contributed by atoms with Gasteiger partial charge in [-0.2, -0.15) is 0 Å². The summed E-state index contributed by atoms with van der Waals surface area (Å²) >= 11 is 5.77. The van der Waals surface area contributed by atoms with Gasteiger partial charge in [0.1, 0.15) is 5.75 Å². The number of nitrogens with one attached hydrogen (secondary N) is 1. The lowest BCUT2D eigenvalue weighted by Gasteiger charge is -2.08. The average Bonchev–Trinajstić information content (AvgIpc) is 2.59. The van der Waals surface area contributed by atoms with Crippen LogP contribution in [0.2, 0.25) is 5.02 Å². The molecule has 6 heteroatoms. The summed E-state index contributed by atoms with van der Waals surface area (Å²) in [5.41, 5.74) is 1.71. The van der Waals surface area contributed by atoms with E-state index in [9.17, 15) is 9.59 Å². The fourth-order valence-electron chi connectivity index (χ4n) is 2.06. The fourth-order valence-corrected chi connectivity index (χ4v) is 2.19. The predicted octanol–water partition coefficient (Wildman–Crippen LogP) is 3.99. The van der Waals surface area contributed by atoms with Crippen LogP contribution in [0.5, 0.6) is 5.75 Å². The number of aryl methyl sites for hydroxylation is 1. The zero-order valence-corrected chi connectivity index (χ0v) is 14.7. The average molecular weight is 362 g/mol. The normalized spacial score (nSPS) is 10.2. The van der Waals surface area contributed by atoms with Crippen LogP contribution in [0.3, 0.4) is 0 Å². The van der Waals surface area contributed by atoms with Crippen molar-refractivity contribution in [2.45, 2.75) is 19.8 Å². The molecule has 0 unspecified atom stereocenters. The van der Waals surface area contributed by atoms with E-state index < -0.39 is 11.9 Å². The summed E-state index contributed by atoms with van der Waals surface area (Å²) in [7, 11) is 0. The number of benzene rings is 2. The molecule has 0 radical (unpaired) electrons. The lowest BCUT2D eigenvalue weighted by atomic mass is 10.2. The molecule has 0 saturated heterocycles. The number of hydrogen-bond acceptors (Lipinski definition) is 4. The van der Waals surface area contributed by atoms with E-state index in [2.05, 4.69) is 5.32 Å². The summed E-state index contributed by atoms with van der Waals surface area (Å²) in [4.78, 5) is 23.3. The van der Waals surface area contributed by atoms with Gasteiger partial charge in [0.2, 0.25) is 0 Å². The van der Waals surface area contributed by atoms with E-state index in [4.69, 9.17) is 21.1 Å². The summed E-state index contributed by atoms with van der Waals surface area (Å²) in [6.07, 6.45) is 0.714. The third-order valence-electron chi connectivity index (χ3n) is 3.28. The van der Waals surface area contributed by atoms with E-state index in [1.54, 1.807) is 24.3 Å². The molecule has 2 rings (SSSR count). The molecule has 2 aromatic carbocycles. The Labute approximate surface area is 151 Å². The molecular formula is C19H20ClNO4. The third kappa shape index (κ3) is 7.27. The van der Waals surface area contributed by atoms with Gasteiger partial charge in [-0.3, -0.25) is 9.59 Å². The summed E-state index contributed by atoms with van der Waals surface area (Å²) < 4.78 is 10.5. The molecule has 2 aromatic rings. The first-order valence-corrected chi connectivity index (χ1v) is 8.31. The number of hydrogen-bond donors (Lipinski definition) is 1. The van der Waals surface area contributed by atoms with Gasteiger partial charge in [0.15, 0.2) is 6.61 Å². The van der Waals surface area contributed by atoms with Gasteiger partial charge < -0.3 is 14.8 Å². The molecule has 0 fully saturated rings. The molecule has 1 N–H and O–H groups in total. The molecule has 0 aliphatic carbocycles. The number of halogens is 1. The Balaban J connectivity index is 1.60. The molecule has 0 spiro atoms. The van der Waals surface area contributed by atoms with Crippen LogP contribution in [0.1, 0.15) is 18.4 Å².